The first-order chi connectivity index (χ1) is 35.5. The van der Waals surface area contributed by atoms with Crippen LogP contribution in [0.1, 0.15) is 118 Å². The Labute approximate surface area is 437 Å². The molecule has 6 N–H and O–H groups in total. The number of hydrogen-bond acceptors (Lipinski definition) is 15. The maximum absolute atomic E-state index is 12.3. The minimum atomic E-state index is -1.57. The Morgan fingerprint density at radius 1 is 0.747 bits per heavy atom. The molecule has 2 amide bonds. The summed E-state index contributed by atoms with van der Waals surface area (Å²) in [5.41, 5.74) is 23.8. The summed E-state index contributed by atoms with van der Waals surface area (Å²) >= 11 is 0. The van der Waals surface area contributed by atoms with Crippen molar-refractivity contribution in [3.8, 4) is 0 Å². The zero-order chi connectivity index (χ0) is 55.1. The van der Waals surface area contributed by atoms with Crippen LogP contribution in [0.25, 0.3) is 0 Å². The molecule has 4 aromatic rings. The highest BCUT2D eigenvalue weighted by Gasteiger charge is 2.42. The van der Waals surface area contributed by atoms with E-state index in [1.165, 1.54) is 68.8 Å². The number of fused-ring (bicyclic) bond motifs is 6. The number of alkyl carbamates (subject to hydrolysis) is 1. The molecule has 75 heavy (non-hydrogen) atoms. The van der Waals surface area contributed by atoms with Gasteiger partial charge in [-0.15, -0.1) is 0 Å². The molecule has 4 aliphatic rings. The minimum Gasteiger partial charge on any atom is -0.478 e. The number of carboxylic acids is 1. The second-order valence-electron chi connectivity index (χ2n) is 19.8. The molecule has 18 heteroatoms. The molecule has 5 atom stereocenters. The molecule has 8 rings (SSSR count). The molecule has 1 saturated heterocycles. The van der Waals surface area contributed by atoms with Crippen LogP contribution in [-0.2, 0) is 55.8 Å². The summed E-state index contributed by atoms with van der Waals surface area (Å²) < 4.78 is 20.3. The van der Waals surface area contributed by atoms with Crippen molar-refractivity contribution in [2.75, 3.05) is 39.4 Å². The van der Waals surface area contributed by atoms with Gasteiger partial charge in [-0.05, 0) is 143 Å². The van der Waals surface area contributed by atoms with E-state index in [1.54, 1.807) is 36.4 Å². The van der Waals surface area contributed by atoms with Gasteiger partial charge in [0.15, 0.2) is 0 Å². The Bertz CT molecular complexity index is 2770. The van der Waals surface area contributed by atoms with Gasteiger partial charge in [0.2, 0.25) is 12.0 Å². The molecule has 0 spiro atoms. The van der Waals surface area contributed by atoms with E-state index in [1.807, 2.05) is 27.7 Å². The number of piperidine rings is 1. The van der Waals surface area contributed by atoms with Crippen LogP contribution in [0.3, 0.4) is 0 Å². The van der Waals surface area contributed by atoms with E-state index in [0.717, 1.165) is 25.9 Å². The van der Waals surface area contributed by atoms with Gasteiger partial charge in [-0.3, -0.25) is 14.6 Å². The van der Waals surface area contributed by atoms with Crippen molar-refractivity contribution in [1.29, 1.82) is 0 Å². The molecule has 4 heterocycles. The van der Waals surface area contributed by atoms with E-state index in [-0.39, 0.29) is 41.2 Å². The number of primary amides is 1. The number of nitrogens with two attached hydrogens (primary N) is 2. The average Bonchev–Trinajstić information content (AvgIpc) is 3.36. The summed E-state index contributed by atoms with van der Waals surface area (Å²) in [6.07, 6.45) is 1.55. The number of aryl methyl sites for hydroxylation is 4. The van der Waals surface area contributed by atoms with E-state index >= 15 is 0 Å². The summed E-state index contributed by atoms with van der Waals surface area (Å²) in [7, 11) is 0. The summed E-state index contributed by atoms with van der Waals surface area (Å²) in [5.74, 6) is -3.93. The minimum absolute atomic E-state index is 0.184. The van der Waals surface area contributed by atoms with E-state index in [4.69, 9.17) is 45.1 Å². The molecular weight excluding hydrogens is 963 g/mol. The Morgan fingerprint density at radius 2 is 1.25 bits per heavy atom. The summed E-state index contributed by atoms with van der Waals surface area (Å²) in [4.78, 5) is 92.1. The van der Waals surface area contributed by atoms with E-state index in [0.29, 0.717) is 49.9 Å². The molecule has 1 fully saturated rings. The highest BCUT2D eigenvalue weighted by Crippen LogP contribution is 2.41. The van der Waals surface area contributed by atoms with Gasteiger partial charge in [-0.2, -0.15) is 9.59 Å². The predicted octanol–water partition coefficient (Wildman–Crippen LogP) is 6.55. The Kier molecular flexibility index (Phi) is 20.6. The number of aliphatic carboxylic acids is 1. The fraction of sp³-hybridized carbons (Fsp3) is 0.421. The molecule has 400 valence electrons. The first-order valence-corrected chi connectivity index (χ1v) is 24.9. The molecule has 0 radical (unpaired) electrons. The lowest BCUT2D eigenvalue weighted by Crippen LogP contribution is -2.57. The fourth-order valence-corrected chi connectivity index (χ4v) is 9.48. The number of hydrogen-bond donors (Lipinski definition) is 4. The maximum atomic E-state index is 12.3. The maximum Gasteiger partial charge on any atom is 0.407 e. The molecule has 0 aromatic heterocycles. The van der Waals surface area contributed by atoms with Gasteiger partial charge < -0.3 is 40.8 Å². The summed E-state index contributed by atoms with van der Waals surface area (Å²) in [6, 6.07) is 25.4. The lowest BCUT2D eigenvalue weighted by molar-refractivity contribution is -0.191. The van der Waals surface area contributed by atoms with Crippen LogP contribution in [0.5, 0.6) is 0 Å². The van der Waals surface area contributed by atoms with Gasteiger partial charge in [0, 0.05) is 56.4 Å². The van der Waals surface area contributed by atoms with E-state index < -0.39 is 48.2 Å². The molecular formula is C57H69N5O13. The largest absolute Gasteiger partial charge is 0.478 e. The second kappa shape index (κ2) is 26.5. The third-order valence-corrected chi connectivity index (χ3v) is 13.5. The number of ether oxygens (including phenoxy) is 4. The number of nitrogens with one attached hydrogen (secondary N) is 1. The third-order valence-electron chi connectivity index (χ3n) is 13.5. The lowest BCUT2D eigenvalue weighted by Gasteiger charge is -2.46. The van der Waals surface area contributed by atoms with Crippen LogP contribution in [0.15, 0.2) is 96.2 Å². The zero-order valence-corrected chi connectivity index (χ0v) is 43.9. The van der Waals surface area contributed by atoms with Crippen molar-refractivity contribution in [3.05, 3.63) is 152 Å². The first-order valence-electron chi connectivity index (χ1n) is 24.9. The number of nitrogens with zero attached hydrogens (tertiary/aromatic N) is 2. The highest BCUT2D eigenvalue weighted by molar-refractivity contribution is 5.92. The van der Waals surface area contributed by atoms with E-state index in [2.05, 4.69) is 67.1 Å². The van der Waals surface area contributed by atoms with Crippen molar-refractivity contribution in [3.63, 3.8) is 0 Å². The average molecular weight is 1030 g/mol. The number of carbonyl (C=O) groups is 6. The first kappa shape index (κ1) is 58.2. The highest BCUT2D eigenvalue weighted by atomic mass is 16.6. The van der Waals surface area contributed by atoms with Crippen LogP contribution in [0, 0.1) is 33.6 Å². The number of rotatable bonds is 10. The fourth-order valence-electron chi connectivity index (χ4n) is 9.48. The molecule has 0 unspecified atom stereocenters. The topological polar surface area (TPSA) is 264 Å². The van der Waals surface area contributed by atoms with Crippen molar-refractivity contribution >= 4 is 42.0 Å². The number of carbonyl (C=O) groups excluding carboxylic acids is 7. The van der Waals surface area contributed by atoms with Crippen LogP contribution in [-0.4, -0.2) is 114 Å². The van der Waals surface area contributed by atoms with Crippen molar-refractivity contribution < 1.29 is 62.4 Å². The normalized spacial score (nSPS) is 18.9. The monoisotopic (exact) mass is 1030 g/mol. The third kappa shape index (κ3) is 15.9. The number of amides is 2. The van der Waals surface area contributed by atoms with Gasteiger partial charge in [0.25, 0.3) is 0 Å². The molecule has 4 aliphatic heterocycles. The summed E-state index contributed by atoms with van der Waals surface area (Å²) in [5, 5.41) is 12.0. The molecule has 0 bridgehead atoms. The van der Waals surface area contributed by atoms with Crippen LogP contribution in [0.2, 0.25) is 0 Å². The summed E-state index contributed by atoms with van der Waals surface area (Å²) in [6.45, 7) is 18.7. The van der Waals surface area contributed by atoms with Gasteiger partial charge in [0.05, 0.1) is 29.2 Å². The Balaban J connectivity index is 0.000000204. The van der Waals surface area contributed by atoms with Crippen molar-refractivity contribution in [1.82, 2.24) is 15.1 Å². The van der Waals surface area contributed by atoms with E-state index in [9.17, 15) is 28.8 Å². The molecule has 0 saturated carbocycles. The SMILES string of the molecule is CCOC(=O)C1=C(N)C[C@H]2c3cc(C)c(C)cc3CCN2C1.Cc1cc2c(cc1C)[C@@H]1C[C@H](NC(=O)OC(C)(C)C)[C@@H](C(N)=O)CN1CC2.O=C(OC[C@H](OC(=O)c1ccccc1)C(=O)O)c1ccccc1.O=C=O. The standard InChI is InChI=1S/C21H31N3O3.C18H24N2O2.C17H14O6.CO2/c1-12-8-14-6-7-24-11-16(19(22)25)17(23-20(26)27-21(3,4)5)10-18(24)15(14)9-13(12)2;1-4-22-18(21)15-10-20-6-5-13-7-11(2)12(3)8-14(13)17(20)9-16(15)19;18-15(19)14(23-17(21)13-9-5-2-6-10-13)11-22-16(20)12-7-3-1-4-8-12;2-1-3/h8-9,16-18H,6-7,10-11H2,1-5H3,(H2,22,25)(H,23,26);7-8,17H,4-6,9-10,19H2,1-3H3;1-10,14H,11H2,(H,18,19);/t16-,17-,18-;17-;14-;/m000./s1. The van der Waals surface area contributed by atoms with Gasteiger partial charge >= 0.3 is 36.1 Å². The van der Waals surface area contributed by atoms with Crippen molar-refractivity contribution in [2.45, 2.75) is 111 Å². The number of benzene rings is 4. The van der Waals surface area contributed by atoms with Gasteiger partial charge in [-0.1, -0.05) is 60.7 Å². The van der Waals surface area contributed by atoms with Crippen LogP contribution in [0.4, 0.5) is 4.79 Å². The number of esters is 3. The van der Waals surface area contributed by atoms with Crippen LogP contribution >= 0.6 is 0 Å². The quantitative estimate of drug-likeness (QED) is 0.0969. The smallest absolute Gasteiger partial charge is 0.407 e. The number of carboxylic acid groups (broad SMARTS) is 1. The van der Waals surface area contributed by atoms with Gasteiger partial charge in [0.1, 0.15) is 12.2 Å². The molecule has 0 aliphatic carbocycles. The zero-order valence-electron chi connectivity index (χ0n) is 43.9. The van der Waals surface area contributed by atoms with Crippen LogP contribution < -0.4 is 16.8 Å². The second-order valence-corrected chi connectivity index (χ2v) is 19.8. The van der Waals surface area contributed by atoms with Gasteiger partial charge in [-0.25, -0.2) is 24.0 Å². The Hall–Kier alpha value is -7.66. The molecule has 18 nitrogen and oxygen atoms in total. The Morgan fingerprint density at radius 3 is 1.76 bits per heavy atom. The lowest BCUT2D eigenvalue weighted by atomic mass is 9.79. The molecule has 4 aromatic carbocycles. The van der Waals surface area contributed by atoms with Crippen molar-refractivity contribution in [2.24, 2.45) is 17.4 Å². The predicted molar refractivity (Wildman–Crippen MR) is 276 cm³/mol.